The lowest BCUT2D eigenvalue weighted by molar-refractivity contribution is 0.321. The summed E-state index contributed by atoms with van der Waals surface area (Å²) < 4.78 is 5.75. The van der Waals surface area contributed by atoms with E-state index in [0.29, 0.717) is 12.5 Å². The molecule has 1 aromatic carbocycles. The van der Waals surface area contributed by atoms with Crippen LogP contribution in [-0.2, 0) is 6.42 Å². The minimum Gasteiger partial charge on any atom is -0.493 e. The number of pyridine rings is 1. The van der Waals surface area contributed by atoms with Gasteiger partial charge in [-0.25, -0.2) is 0 Å². The quantitative estimate of drug-likeness (QED) is 0.771. The SMILES string of the molecule is CCC(C)c1ccc(OCCc2cccnc2)cc1. The summed E-state index contributed by atoms with van der Waals surface area (Å²) in [5, 5.41) is 0. The van der Waals surface area contributed by atoms with E-state index in [2.05, 4.69) is 49.2 Å². The van der Waals surface area contributed by atoms with E-state index in [4.69, 9.17) is 4.74 Å². The van der Waals surface area contributed by atoms with Gasteiger partial charge in [0.15, 0.2) is 0 Å². The van der Waals surface area contributed by atoms with Crippen LogP contribution in [0, 0.1) is 0 Å². The Hall–Kier alpha value is -1.83. The predicted octanol–water partition coefficient (Wildman–Crippen LogP) is 4.22. The minimum absolute atomic E-state index is 0.615. The zero-order valence-corrected chi connectivity index (χ0v) is 11.7. The fourth-order valence-electron chi connectivity index (χ4n) is 1.96. The van der Waals surface area contributed by atoms with Gasteiger partial charge in [0.25, 0.3) is 0 Å². The fraction of sp³-hybridized carbons (Fsp3) is 0.353. The number of ether oxygens (including phenoxy) is 1. The molecule has 1 heterocycles. The van der Waals surface area contributed by atoms with Crippen molar-refractivity contribution in [1.82, 2.24) is 4.98 Å². The second-order valence-corrected chi connectivity index (χ2v) is 4.84. The molecule has 2 nitrogen and oxygen atoms in total. The highest BCUT2D eigenvalue weighted by Crippen LogP contribution is 2.21. The van der Waals surface area contributed by atoms with Gasteiger partial charge < -0.3 is 4.74 Å². The monoisotopic (exact) mass is 255 g/mol. The molecule has 0 saturated heterocycles. The number of rotatable bonds is 6. The Labute approximate surface area is 115 Å². The largest absolute Gasteiger partial charge is 0.493 e. The van der Waals surface area contributed by atoms with Crippen LogP contribution < -0.4 is 4.74 Å². The molecule has 1 unspecified atom stereocenters. The summed E-state index contributed by atoms with van der Waals surface area (Å²) in [7, 11) is 0. The molecule has 0 fully saturated rings. The molecular formula is C17H21NO. The van der Waals surface area contributed by atoms with Gasteiger partial charge in [-0.3, -0.25) is 4.98 Å². The van der Waals surface area contributed by atoms with E-state index in [-0.39, 0.29) is 0 Å². The molecule has 2 heteroatoms. The topological polar surface area (TPSA) is 22.1 Å². The second kappa shape index (κ2) is 6.93. The van der Waals surface area contributed by atoms with Crippen molar-refractivity contribution in [3.8, 4) is 5.75 Å². The highest BCUT2D eigenvalue weighted by molar-refractivity contribution is 5.29. The maximum absolute atomic E-state index is 5.75. The number of aromatic nitrogens is 1. The summed E-state index contributed by atoms with van der Waals surface area (Å²) >= 11 is 0. The average molecular weight is 255 g/mol. The molecule has 2 rings (SSSR count). The first kappa shape index (κ1) is 13.6. The van der Waals surface area contributed by atoms with Crippen LogP contribution in [-0.4, -0.2) is 11.6 Å². The molecule has 0 amide bonds. The maximum Gasteiger partial charge on any atom is 0.119 e. The van der Waals surface area contributed by atoms with E-state index >= 15 is 0 Å². The van der Waals surface area contributed by atoms with Crippen LogP contribution in [0.3, 0.4) is 0 Å². The summed E-state index contributed by atoms with van der Waals surface area (Å²) in [6, 6.07) is 12.5. The molecule has 100 valence electrons. The van der Waals surface area contributed by atoms with Crippen molar-refractivity contribution in [3.05, 3.63) is 59.9 Å². The Morgan fingerprint density at radius 2 is 1.95 bits per heavy atom. The van der Waals surface area contributed by atoms with E-state index in [1.165, 1.54) is 17.5 Å². The number of nitrogens with zero attached hydrogens (tertiary/aromatic N) is 1. The molecule has 0 N–H and O–H groups in total. The van der Waals surface area contributed by atoms with E-state index in [0.717, 1.165) is 12.2 Å². The first-order chi connectivity index (χ1) is 9.29. The van der Waals surface area contributed by atoms with Crippen LogP contribution in [0.15, 0.2) is 48.8 Å². The molecule has 0 radical (unpaired) electrons. The zero-order chi connectivity index (χ0) is 13.5. The van der Waals surface area contributed by atoms with Crippen LogP contribution in [0.1, 0.15) is 37.3 Å². The highest BCUT2D eigenvalue weighted by Gasteiger charge is 2.02. The third-order valence-electron chi connectivity index (χ3n) is 3.44. The van der Waals surface area contributed by atoms with Crippen molar-refractivity contribution in [2.45, 2.75) is 32.6 Å². The van der Waals surface area contributed by atoms with E-state index in [9.17, 15) is 0 Å². The van der Waals surface area contributed by atoms with Crippen LogP contribution in [0.2, 0.25) is 0 Å². The Balaban J connectivity index is 1.83. The third kappa shape index (κ3) is 4.09. The molecule has 1 atom stereocenters. The molecule has 0 aliphatic carbocycles. The van der Waals surface area contributed by atoms with Crippen LogP contribution in [0.25, 0.3) is 0 Å². The molecule has 0 spiro atoms. The van der Waals surface area contributed by atoms with Crippen LogP contribution >= 0.6 is 0 Å². The number of hydrogen-bond acceptors (Lipinski definition) is 2. The Morgan fingerprint density at radius 1 is 1.16 bits per heavy atom. The van der Waals surface area contributed by atoms with Crippen LogP contribution in [0.5, 0.6) is 5.75 Å². The average Bonchev–Trinajstić information content (AvgIpc) is 2.48. The summed E-state index contributed by atoms with van der Waals surface area (Å²) in [4.78, 5) is 4.10. The molecule has 19 heavy (non-hydrogen) atoms. The van der Waals surface area contributed by atoms with Gasteiger partial charge in [0.05, 0.1) is 6.61 Å². The first-order valence-corrected chi connectivity index (χ1v) is 6.91. The lowest BCUT2D eigenvalue weighted by Gasteiger charge is -2.10. The van der Waals surface area contributed by atoms with Gasteiger partial charge in [-0.1, -0.05) is 32.0 Å². The second-order valence-electron chi connectivity index (χ2n) is 4.84. The molecule has 0 saturated carbocycles. The zero-order valence-electron chi connectivity index (χ0n) is 11.7. The summed E-state index contributed by atoms with van der Waals surface area (Å²) in [5.74, 6) is 1.56. The first-order valence-electron chi connectivity index (χ1n) is 6.91. The van der Waals surface area contributed by atoms with Crippen molar-refractivity contribution in [2.24, 2.45) is 0 Å². The highest BCUT2D eigenvalue weighted by atomic mass is 16.5. The fourth-order valence-corrected chi connectivity index (χ4v) is 1.96. The number of hydrogen-bond donors (Lipinski definition) is 0. The smallest absolute Gasteiger partial charge is 0.119 e. The summed E-state index contributed by atoms with van der Waals surface area (Å²) in [5.41, 5.74) is 2.58. The normalized spacial score (nSPS) is 12.1. The van der Waals surface area contributed by atoms with Gasteiger partial charge in [-0.05, 0) is 41.7 Å². The van der Waals surface area contributed by atoms with E-state index in [1.54, 1.807) is 6.20 Å². The van der Waals surface area contributed by atoms with Crippen molar-refractivity contribution in [2.75, 3.05) is 6.61 Å². The predicted molar refractivity (Wildman–Crippen MR) is 78.6 cm³/mol. The lowest BCUT2D eigenvalue weighted by atomic mass is 9.99. The molecule has 0 aliphatic rings. The summed E-state index contributed by atoms with van der Waals surface area (Å²) in [6.07, 6.45) is 5.73. The van der Waals surface area contributed by atoms with Gasteiger partial charge >= 0.3 is 0 Å². The third-order valence-corrected chi connectivity index (χ3v) is 3.44. The molecule has 1 aromatic heterocycles. The summed E-state index contributed by atoms with van der Waals surface area (Å²) in [6.45, 7) is 5.15. The minimum atomic E-state index is 0.615. The van der Waals surface area contributed by atoms with Gasteiger partial charge in [-0.15, -0.1) is 0 Å². The van der Waals surface area contributed by atoms with E-state index in [1.807, 2.05) is 12.3 Å². The van der Waals surface area contributed by atoms with Crippen molar-refractivity contribution >= 4 is 0 Å². The molecular weight excluding hydrogens is 234 g/mol. The van der Waals surface area contributed by atoms with E-state index < -0.39 is 0 Å². The van der Waals surface area contributed by atoms with Crippen molar-refractivity contribution < 1.29 is 4.74 Å². The van der Waals surface area contributed by atoms with Crippen LogP contribution in [0.4, 0.5) is 0 Å². The number of benzene rings is 1. The van der Waals surface area contributed by atoms with Crippen molar-refractivity contribution in [3.63, 3.8) is 0 Å². The maximum atomic E-state index is 5.75. The van der Waals surface area contributed by atoms with Crippen molar-refractivity contribution in [1.29, 1.82) is 0 Å². The molecule has 0 bridgehead atoms. The molecule has 0 aliphatic heterocycles. The van der Waals surface area contributed by atoms with Gasteiger partial charge in [-0.2, -0.15) is 0 Å². The lowest BCUT2D eigenvalue weighted by Crippen LogP contribution is -2.01. The van der Waals surface area contributed by atoms with Gasteiger partial charge in [0, 0.05) is 18.8 Å². The Bertz CT molecular complexity index is 478. The molecule has 2 aromatic rings. The van der Waals surface area contributed by atoms with Gasteiger partial charge in [0.2, 0.25) is 0 Å². The standard InChI is InChI=1S/C17H21NO/c1-3-14(2)16-6-8-17(9-7-16)19-12-10-15-5-4-11-18-13-15/h4-9,11,13-14H,3,10,12H2,1-2H3. The van der Waals surface area contributed by atoms with Gasteiger partial charge in [0.1, 0.15) is 5.75 Å². The Morgan fingerprint density at radius 3 is 2.58 bits per heavy atom. The Kier molecular flexibility index (Phi) is 4.96.